The minimum Gasteiger partial charge on any atom is -0.376 e. The van der Waals surface area contributed by atoms with Crippen molar-refractivity contribution in [2.45, 2.75) is 50.5 Å². The fourth-order valence-corrected chi connectivity index (χ4v) is 6.37. The predicted molar refractivity (Wildman–Crippen MR) is 156 cm³/mol. The van der Waals surface area contributed by atoms with Gasteiger partial charge in [0.15, 0.2) is 0 Å². The summed E-state index contributed by atoms with van der Waals surface area (Å²) in [6.07, 6.45) is 7.15. The Hall–Kier alpha value is -4.28. The molecule has 3 atom stereocenters. The van der Waals surface area contributed by atoms with E-state index >= 15 is 0 Å². The van der Waals surface area contributed by atoms with Gasteiger partial charge in [-0.05, 0) is 36.0 Å². The van der Waals surface area contributed by atoms with Crippen molar-refractivity contribution >= 4 is 12.8 Å². The van der Waals surface area contributed by atoms with Crippen LogP contribution < -0.4 is 0 Å². The highest BCUT2D eigenvalue weighted by atomic mass is 16.5. The molecular weight excluding hydrogens is 532 g/mol. The van der Waals surface area contributed by atoms with Crippen molar-refractivity contribution in [1.82, 2.24) is 29.7 Å². The Morgan fingerprint density at radius 1 is 0.810 bits per heavy atom. The summed E-state index contributed by atoms with van der Waals surface area (Å²) in [7, 11) is 0. The number of rotatable bonds is 6. The van der Waals surface area contributed by atoms with Crippen LogP contribution in [-0.4, -0.2) is 75.0 Å². The van der Waals surface area contributed by atoms with Crippen molar-refractivity contribution in [2.24, 2.45) is 0 Å². The Labute approximate surface area is 244 Å². The zero-order valence-electron chi connectivity index (χ0n) is 23.4. The fraction of sp³-hybridized carbons (Fsp3) is 0.375. The third-order valence-electron chi connectivity index (χ3n) is 8.61. The first-order chi connectivity index (χ1) is 20.7. The third-order valence-corrected chi connectivity index (χ3v) is 8.61. The zero-order chi connectivity index (χ0) is 28.5. The van der Waals surface area contributed by atoms with Gasteiger partial charge < -0.3 is 29.2 Å². The summed E-state index contributed by atoms with van der Waals surface area (Å²) in [5.41, 5.74) is 6.97. The second-order valence-electron chi connectivity index (χ2n) is 11.2. The number of fused-ring (bicyclic) bond motifs is 5. The Kier molecular flexibility index (Phi) is 7.31. The quantitative estimate of drug-likeness (QED) is 0.329. The number of nitrogens with zero attached hydrogens (tertiary/aromatic N) is 4. The van der Waals surface area contributed by atoms with Crippen LogP contribution in [0.2, 0.25) is 0 Å². The highest BCUT2D eigenvalue weighted by Gasteiger charge is 2.35. The second kappa shape index (κ2) is 11.5. The zero-order valence-corrected chi connectivity index (χ0v) is 23.4. The van der Waals surface area contributed by atoms with E-state index in [-0.39, 0.29) is 18.2 Å². The van der Waals surface area contributed by atoms with Gasteiger partial charge in [0, 0.05) is 38.3 Å². The molecular formula is C32H34N6O4. The number of nitrogens with one attached hydrogen (secondary N) is 2. The van der Waals surface area contributed by atoms with Crippen LogP contribution in [0.3, 0.4) is 0 Å². The lowest BCUT2D eigenvalue weighted by atomic mass is 10.0. The number of amides is 2. The molecule has 42 heavy (non-hydrogen) atoms. The molecule has 2 aromatic heterocycles. The summed E-state index contributed by atoms with van der Waals surface area (Å²) in [5, 5.41) is 0. The lowest BCUT2D eigenvalue weighted by Gasteiger charge is -2.17. The highest BCUT2D eigenvalue weighted by molar-refractivity contribution is 5.72. The molecule has 3 aliphatic heterocycles. The number of aromatic amines is 2. The van der Waals surface area contributed by atoms with Crippen LogP contribution in [-0.2, 0) is 25.7 Å². The SMILES string of the molecule is O=CN1CCCC1c1ncc(-c2ccc(-c3ccc(-c4nc5[nH]c4COCCCOC4CC5N(C=O)C4)cc3)cc2)[nH]1. The molecule has 2 N–H and O–H groups in total. The monoisotopic (exact) mass is 566 g/mol. The molecule has 4 aromatic rings. The van der Waals surface area contributed by atoms with Gasteiger partial charge in [0.2, 0.25) is 12.8 Å². The van der Waals surface area contributed by atoms with Gasteiger partial charge in [-0.25, -0.2) is 9.97 Å². The van der Waals surface area contributed by atoms with Crippen LogP contribution in [0.5, 0.6) is 0 Å². The van der Waals surface area contributed by atoms with Crippen molar-refractivity contribution in [3.63, 3.8) is 0 Å². The number of benzene rings is 2. The van der Waals surface area contributed by atoms with Crippen molar-refractivity contribution < 1.29 is 19.1 Å². The van der Waals surface area contributed by atoms with Crippen LogP contribution in [0.4, 0.5) is 0 Å². The lowest BCUT2D eigenvalue weighted by Crippen LogP contribution is -2.24. The minimum atomic E-state index is -0.134. The number of aromatic nitrogens is 4. The Bertz CT molecular complexity index is 1550. The smallest absolute Gasteiger partial charge is 0.210 e. The van der Waals surface area contributed by atoms with Crippen molar-refractivity contribution in [3.05, 3.63) is 72.1 Å². The molecule has 216 valence electrons. The van der Waals surface area contributed by atoms with Gasteiger partial charge in [0.25, 0.3) is 0 Å². The van der Waals surface area contributed by atoms with Crippen LogP contribution in [0, 0.1) is 0 Å². The molecule has 3 unspecified atom stereocenters. The number of carbonyl (C=O) groups excluding carboxylic acids is 2. The van der Waals surface area contributed by atoms with Gasteiger partial charge in [-0.3, -0.25) is 9.59 Å². The normalized spacial score (nSPS) is 22.5. The van der Waals surface area contributed by atoms with Gasteiger partial charge in [0.1, 0.15) is 11.6 Å². The number of hydrogen-bond donors (Lipinski definition) is 2. The van der Waals surface area contributed by atoms with Crippen LogP contribution in [0.1, 0.15) is 55.1 Å². The number of ether oxygens (including phenoxy) is 2. The number of carbonyl (C=O) groups is 2. The summed E-state index contributed by atoms with van der Waals surface area (Å²) in [5.74, 6) is 1.61. The topological polar surface area (TPSA) is 116 Å². The van der Waals surface area contributed by atoms with Gasteiger partial charge in [0.05, 0.1) is 48.1 Å². The molecule has 3 aliphatic rings. The van der Waals surface area contributed by atoms with E-state index in [9.17, 15) is 9.59 Å². The average Bonchev–Trinajstić information content (AvgIpc) is 3.84. The van der Waals surface area contributed by atoms with Crippen molar-refractivity contribution in [1.29, 1.82) is 0 Å². The summed E-state index contributed by atoms with van der Waals surface area (Å²) in [4.78, 5) is 43.2. The van der Waals surface area contributed by atoms with Gasteiger partial charge in [-0.15, -0.1) is 0 Å². The first-order valence-electron chi connectivity index (χ1n) is 14.7. The molecule has 7 rings (SSSR count). The molecule has 0 aliphatic carbocycles. The molecule has 2 amide bonds. The lowest BCUT2D eigenvalue weighted by molar-refractivity contribution is -0.120. The molecule has 2 aromatic carbocycles. The first kappa shape index (κ1) is 26.6. The van der Waals surface area contributed by atoms with Crippen molar-refractivity contribution in [2.75, 3.05) is 26.3 Å². The van der Waals surface area contributed by atoms with Crippen LogP contribution >= 0.6 is 0 Å². The van der Waals surface area contributed by atoms with E-state index in [2.05, 4.69) is 63.5 Å². The summed E-state index contributed by atoms with van der Waals surface area (Å²) in [6.45, 7) is 3.01. The minimum absolute atomic E-state index is 0.0118. The van der Waals surface area contributed by atoms with E-state index < -0.39 is 0 Å². The molecule has 10 heteroatoms. The van der Waals surface area contributed by atoms with Crippen molar-refractivity contribution in [3.8, 4) is 33.6 Å². The molecule has 2 saturated heterocycles. The maximum absolute atomic E-state index is 11.8. The molecule has 0 radical (unpaired) electrons. The molecule has 10 nitrogen and oxygen atoms in total. The molecule has 4 bridgehead atoms. The van der Waals surface area contributed by atoms with E-state index in [1.54, 1.807) is 4.90 Å². The largest absolute Gasteiger partial charge is 0.376 e. The predicted octanol–water partition coefficient (Wildman–Crippen LogP) is 4.64. The molecule has 5 heterocycles. The van der Waals surface area contributed by atoms with E-state index in [1.807, 2.05) is 11.1 Å². The summed E-state index contributed by atoms with van der Waals surface area (Å²) >= 11 is 0. The Balaban J connectivity index is 1.10. The van der Waals surface area contributed by atoms with Gasteiger partial charge >= 0.3 is 0 Å². The van der Waals surface area contributed by atoms with E-state index in [0.717, 1.165) is 96.0 Å². The highest BCUT2D eigenvalue weighted by Crippen LogP contribution is 2.35. The maximum Gasteiger partial charge on any atom is 0.210 e. The number of likely N-dealkylation sites (tertiary alicyclic amines) is 2. The number of H-pyrrole nitrogens is 2. The fourth-order valence-electron chi connectivity index (χ4n) is 6.37. The Morgan fingerprint density at radius 2 is 1.55 bits per heavy atom. The number of hydrogen-bond acceptors (Lipinski definition) is 6. The van der Waals surface area contributed by atoms with Gasteiger partial charge in [-0.1, -0.05) is 48.5 Å². The summed E-state index contributed by atoms with van der Waals surface area (Å²) in [6, 6.07) is 16.7. The van der Waals surface area contributed by atoms with E-state index in [1.165, 1.54) is 0 Å². The maximum atomic E-state index is 11.8. The molecule has 2 fully saturated rings. The van der Waals surface area contributed by atoms with E-state index in [4.69, 9.17) is 14.5 Å². The standard InChI is InChI=1S/C32H34N6O4/c39-19-37-12-1-3-28(37)31-33-16-26(34-31)23-8-4-21(5-9-23)22-6-10-24(11-7-22)30-27-18-41-13-2-14-42-25-15-29(32(35-27)36-30)38(17-25)20-40/h4-11,16,19-20,25,28-29H,1-3,12-15,17-18H2,(H,33,34)(H,35,36). The number of imidazole rings is 2. The second-order valence-corrected chi connectivity index (χ2v) is 11.2. The first-order valence-corrected chi connectivity index (χ1v) is 14.7. The average molecular weight is 567 g/mol. The van der Waals surface area contributed by atoms with Gasteiger partial charge in [-0.2, -0.15) is 0 Å². The van der Waals surface area contributed by atoms with E-state index in [0.29, 0.717) is 26.4 Å². The molecule has 0 spiro atoms. The van der Waals surface area contributed by atoms with Crippen LogP contribution in [0.15, 0.2) is 54.7 Å². The Morgan fingerprint density at radius 3 is 2.31 bits per heavy atom. The third kappa shape index (κ3) is 5.12. The molecule has 0 saturated carbocycles. The van der Waals surface area contributed by atoms with Crippen LogP contribution in [0.25, 0.3) is 33.6 Å². The summed E-state index contributed by atoms with van der Waals surface area (Å²) < 4.78 is 11.9.